The molecule has 0 fully saturated rings. The van der Waals surface area contributed by atoms with Gasteiger partial charge in [-0.25, -0.2) is 8.78 Å². The van der Waals surface area contributed by atoms with Crippen LogP contribution < -0.4 is 9.80 Å². The Balaban J connectivity index is 0.00000387. The van der Waals surface area contributed by atoms with Gasteiger partial charge in [0.15, 0.2) is 0 Å². The molecule has 3 heterocycles. The monoisotopic (exact) mass is 741 g/mol. The number of halogens is 4. The van der Waals surface area contributed by atoms with Gasteiger partial charge in [-0.15, -0.1) is 35.4 Å². The van der Waals surface area contributed by atoms with E-state index in [2.05, 4.69) is 17.1 Å². The fourth-order valence-electron chi connectivity index (χ4n) is 4.99. The van der Waals surface area contributed by atoms with Crippen LogP contribution in [0.15, 0.2) is 36.4 Å². The molecular weight excluding hydrogens is 711 g/mol. The molecule has 4 nitrogen and oxygen atoms in total. The minimum Gasteiger partial charge on any atom is -0.394 e. The van der Waals surface area contributed by atoms with Gasteiger partial charge >= 0.3 is 21.1 Å². The molecule has 2 aromatic heterocycles. The summed E-state index contributed by atoms with van der Waals surface area (Å²) < 4.78 is 61.5. The summed E-state index contributed by atoms with van der Waals surface area (Å²) >= 11 is 0. The molecule has 0 N–H and O–H groups in total. The summed E-state index contributed by atoms with van der Waals surface area (Å²) in [7, 11) is 7.42. The van der Waals surface area contributed by atoms with Crippen molar-refractivity contribution in [3.05, 3.63) is 94.3 Å². The molecule has 0 saturated carbocycles. The van der Waals surface area contributed by atoms with Crippen LogP contribution in [-0.4, -0.2) is 38.2 Å². The number of aromatic nitrogens is 2. The molecule has 1 aliphatic rings. The molecule has 2 aromatic carbocycles. The second kappa shape index (κ2) is 10.5. The summed E-state index contributed by atoms with van der Waals surface area (Å²) in [6.45, 7) is 6.98. The molecule has 8 bridgehead atoms. The molecule has 0 aliphatic carbocycles. The first-order chi connectivity index (χ1) is 18.6. The predicted molar refractivity (Wildman–Crippen MR) is 150 cm³/mol. The third kappa shape index (κ3) is 5.16. The molecule has 216 valence electrons. The van der Waals surface area contributed by atoms with Crippen LogP contribution in [0.1, 0.15) is 50.2 Å². The number of hydrogen-bond acceptors (Lipinski definition) is 4. The Hall–Kier alpha value is -3.25. The van der Waals surface area contributed by atoms with Gasteiger partial charge in [0.25, 0.3) is 0 Å². The molecule has 0 amide bonds. The Morgan fingerprint density at radius 1 is 0.659 bits per heavy atom. The molecule has 0 radical (unpaired) electrons. The normalized spacial score (nSPS) is 14.5. The maximum Gasteiger partial charge on any atom is 2.00 e. The number of hydrogen-bond donors (Lipinski definition) is 0. The van der Waals surface area contributed by atoms with Gasteiger partial charge in [-0.05, 0) is 17.4 Å². The smallest absolute Gasteiger partial charge is 0.394 e. The molecule has 0 spiro atoms. The van der Waals surface area contributed by atoms with Gasteiger partial charge in [-0.1, -0.05) is 51.0 Å². The Morgan fingerprint density at radius 2 is 1.27 bits per heavy atom. The van der Waals surface area contributed by atoms with E-state index in [1.807, 2.05) is 64.0 Å². The summed E-state index contributed by atoms with van der Waals surface area (Å²) in [5, 5.41) is 0. The molecule has 0 saturated heterocycles. The molecular formula is C32H30F4N4Pt. The summed E-state index contributed by atoms with van der Waals surface area (Å²) in [5.41, 5.74) is 0.565. The van der Waals surface area contributed by atoms with Crippen molar-refractivity contribution >= 4 is 11.4 Å². The van der Waals surface area contributed by atoms with Gasteiger partial charge in [-0.3, -0.25) is 13.8 Å². The third-order valence-electron chi connectivity index (χ3n) is 7.65. The van der Waals surface area contributed by atoms with E-state index in [9.17, 15) is 0 Å². The van der Waals surface area contributed by atoms with Crippen LogP contribution in [0.3, 0.4) is 0 Å². The van der Waals surface area contributed by atoms with Gasteiger partial charge < -0.3 is 14.8 Å². The van der Waals surface area contributed by atoms with Crippen LogP contribution in [0.25, 0.3) is 22.5 Å². The van der Waals surface area contributed by atoms with E-state index in [1.54, 1.807) is 26.0 Å². The summed E-state index contributed by atoms with van der Waals surface area (Å²) in [4.78, 5) is 13.0. The number of rotatable bonds is 2. The van der Waals surface area contributed by atoms with E-state index >= 15 is 17.6 Å². The molecule has 9 heteroatoms. The number of pyridine rings is 2. The zero-order valence-corrected chi connectivity index (χ0v) is 26.4. The number of nitrogens with zero attached hydrogens (tertiary/aromatic N) is 4. The molecule has 5 rings (SSSR count). The molecule has 4 aromatic rings. The van der Waals surface area contributed by atoms with Crippen molar-refractivity contribution in [2.75, 3.05) is 38.0 Å². The second-order valence-corrected chi connectivity index (χ2v) is 11.7. The van der Waals surface area contributed by atoms with E-state index in [4.69, 9.17) is 4.98 Å². The summed E-state index contributed by atoms with van der Waals surface area (Å²) in [6.07, 6.45) is 0. The molecule has 0 unspecified atom stereocenters. The zero-order valence-electron chi connectivity index (χ0n) is 24.1. The van der Waals surface area contributed by atoms with E-state index in [0.29, 0.717) is 16.8 Å². The average Bonchev–Trinajstić information content (AvgIpc) is 2.87. The van der Waals surface area contributed by atoms with Crippen molar-refractivity contribution in [3.8, 4) is 22.5 Å². The molecule has 41 heavy (non-hydrogen) atoms. The molecule has 1 aliphatic heterocycles. The number of fused-ring (bicyclic) bond motifs is 10. The first-order valence-corrected chi connectivity index (χ1v) is 12.9. The van der Waals surface area contributed by atoms with E-state index < -0.39 is 34.1 Å². The predicted octanol–water partition coefficient (Wildman–Crippen LogP) is 7.06. The maximum atomic E-state index is 15.4. The van der Waals surface area contributed by atoms with Crippen LogP contribution in [0, 0.1) is 35.4 Å². The van der Waals surface area contributed by atoms with Gasteiger partial charge in [0, 0.05) is 73.8 Å². The quantitative estimate of drug-likeness (QED) is 0.163. The van der Waals surface area contributed by atoms with Crippen LogP contribution in [0.5, 0.6) is 0 Å². The topological polar surface area (TPSA) is 32.3 Å². The van der Waals surface area contributed by atoms with E-state index in [-0.39, 0.29) is 49.3 Å². The largest absolute Gasteiger partial charge is 2.00 e. The first-order valence-electron chi connectivity index (χ1n) is 12.9. The Morgan fingerprint density at radius 3 is 1.90 bits per heavy atom. The Labute approximate surface area is 252 Å². The zero-order chi connectivity index (χ0) is 29.3. The number of benzene rings is 2. The van der Waals surface area contributed by atoms with Gasteiger partial charge in [0.05, 0.1) is 5.69 Å². The summed E-state index contributed by atoms with van der Waals surface area (Å²) in [6, 6.07) is 14.9. The van der Waals surface area contributed by atoms with Crippen molar-refractivity contribution in [3.63, 3.8) is 0 Å². The van der Waals surface area contributed by atoms with Crippen molar-refractivity contribution in [2.45, 2.75) is 38.5 Å². The minimum absolute atomic E-state index is 0. The van der Waals surface area contributed by atoms with Gasteiger partial charge in [0.2, 0.25) is 0 Å². The Bertz CT molecular complexity index is 1550. The third-order valence-corrected chi connectivity index (χ3v) is 7.65. The van der Waals surface area contributed by atoms with E-state index in [1.165, 1.54) is 0 Å². The van der Waals surface area contributed by atoms with Crippen LogP contribution in [-0.2, 0) is 31.9 Å². The van der Waals surface area contributed by atoms with Gasteiger partial charge in [0.1, 0.15) is 11.6 Å². The van der Waals surface area contributed by atoms with Crippen molar-refractivity contribution < 1.29 is 38.6 Å². The first kappa shape index (κ1) is 30.7. The minimum atomic E-state index is -1.45. The SMILES string of the molecule is CN(C)c1cc2[c-]c(c1)C(C)(C)c1cc(N(C)C)cc(n1)-c1[c-]c(c(F)cc1F)C(C)(C)c1nc-2c(F)cc1F.[Pt+2]. The number of anilines is 2. The van der Waals surface area contributed by atoms with Gasteiger partial charge in [-0.2, -0.15) is 0 Å². The molecule has 0 atom stereocenters. The summed E-state index contributed by atoms with van der Waals surface area (Å²) in [5.74, 6) is -3.60. The maximum absolute atomic E-state index is 15.4. The Kier molecular flexibility index (Phi) is 7.89. The van der Waals surface area contributed by atoms with Crippen LogP contribution in [0.2, 0.25) is 0 Å². The van der Waals surface area contributed by atoms with Crippen LogP contribution in [0.4, 0.5) is 28.9 Å². The fraction of sp³-hybridized carbons (Fsp3) is 0.312. The average molecular weight is 742 g/mol. The second-order valence-electron chi connectivity index (χ2n) is 11.7. The van der Waals surface area contributed by atoms with Crippen LogP contribution >= 0.6 is 0 Å². The van der Waals surface area contributed by atoms with E-state index in [0.717, 1.165) is 23.5 Å². The van der Waals surface area contributed by atoms with Crippen molar-refractivity contribution in [1.29, 1.82) is 0 Å². The van der Waals surface area contributed by atoms with Crippen molar-refractivity contribution in [1.82, 2.24) is 9.97 Å². The fourth-order valence-corrected chi connectivity index (χ4v) is 4.99. The van der Waals surface area contributed by atoms with Crippen molar-refractivity contribution in [2.24, 2.45) is 0 Å². The standard InChI is InChI=1S/C32H30F4N4.Pt/c1-31(2)18-9-17(10-19(11-18)39(5)6)29-25(35)16-26(36)30(38-29)32(3,4)22-14-21(23(33)15-24(22)34)27-12-20(40(7)8)13-28(31)37-27;/h10-13,15-16H,1-8H3;/q-2;+2.